The average molecular weight is 206 g/mol. The Bertz CT molecular complexity index is 301. The van der Waals surface area contributed by atoms with Gasteiger partial charge in [0.15, 0.2) is 0 Å². The minimum Gasteiger partial charge on any atom is -0.341 e. The van der Waals surface area contributed by atoms with Gasteiger partial charge in [0.25, 0.3) is 0 Å². The second kappa shape index (κ2) is 3.84. The van der Waals surface area contributed by atoms with Gasteiger partial charge in [-0.15, -0.1) is 0 Å². The van der Waals surface area contributed by atoms with Gasteiger partial charge < -0.3 is 4.90 Å². The van der Waals surface area contributed by atoms with Gasteiger partial charge in [0, 0.05) is 13.1 Å². The van der Waals surface area contributed by atoms with Crippen LogP contribution in [0.1, 0.15) is 39.0 Å². The first-order chi connectivity index (χ1) is 7.22. The number of rotatable bonds is 3. The van der Waals surface area contributed by atoms with Crippen LogP contribution in [0.3, 0.4) is 0 Å². The van der Waals surface area contributed by atoms with Crippen LogP contribution in [-0.4, -0.2) is 23.9 Å². The van der Waals surface area contributed by atoms with Gasteiger partial charge >= 0.3 is 0 Å². The molecule has 0 spiro atoms. The van der Waals surface area contributed by atoms with Gasteiger partial charge in [-0.1, -0.05) is 13.3 Å². The average Bonchev–Trinajstić information content (AvgIpc) is 2.92. The zero-order valence-corrected chi connectivity index (χ0v) is 9.33. The maximum absolute atomic E-state index is 12.0. The van der Waals surface area contributed by atoms with Crippen molar-refractivity contribution < 1.29 is 4.79 Å². The first kappa shape index (κ1) is 10.5. The molecule has 0 aromatic heterocycles. The molecule has 1 amide bonds. The Morgan fingerprint density at radius 3 is 2.87 bits per heavy atom. The molecule has 82 valence electrons. The van der Waals surface area contributed by atoms with E-state index in [1.807, 2.05) is 4.90 Å². The maximum Gasteiger partial charge on any atom is 0.243 e. The van der Waals surface area contributed by atoms with Crippen molar-refractivity contribution >= 4 is 5.91 Å². The third kappa shape index (κ3) is 1.86. The molecule has 0 aromatic rings. The molecule has 2 aliphatic rings. The zero-order valence-electron chi connectivity index (χ0n) is 9.33. The molecule has 1 aliphatic heterocycles. The second-order valence-corrected chi connectivity index (χ2v) is 4.89. The van der Waals surface area contributed by atoms with E-state index in [2.05, 4.69) is 13.0 Å². The number of nitriles is 1. The number of hydrogen-bond acceptors (Lipinski definition) is 2. The number of carbonyl (C=O) groups excluding carboxylic acids is 1. The lowest BCUT2D eigenvalue weighted by atomic mass is 10.0. The van der Waals surface area contributed by atoms with Crippen molar-refractivity contribution in [1.82, 2.24) is 4.90 Å². The van der Waals surface area contributed by atoms with E-state index < -0.39 is 5.41 Å². The SMILES string of the molecule is CCCC1CCN(C(=O)C2(C#N)CC2)C1. The van der Waals surface area contributed by atoms with Crippen LogP contribution < -0.4 is 0 Å². The Labute approximate surface area is 91.1 Å². The Morgan fingerprint density at radius 1 is 1.60 bits per heavy atom. The van der Waals surface area contributed by atoms with E-state index in [1.165, 1.54) is 12.8 Å². The van der Waals surface area contributed by atoms with Gasteiger partial charge in [-0.05, 0) is 31.6 Å². The molecule has 2 fully saturated rings. The summed E-state index contributed by atoms with van der Waals surface area (Å²) in [6.45, 7) is 3.94. The van der Waals surface area contributed by atoms with E-state index >= 15 is 0 Å². The number of amides is 1. The normalized spacial score (nSPS) is 27.5. The number of likely N-dealkylation sites (tertiary alicyclic amines) is 1. The van der Waals surface area contributed by atoms with Crippen molar-refractivity contribution in [3.63, 3.8) is 0 Å². The fraction of sp³-hybridized carbons (Fsp3) is 0.833. The molecule has 1 atom stereocenters. The zero-order chi connectivity index (χ0) is 10.9. The predicted octanol–water partition coefficient (Wildman–Crippen LogP) is 1.94. The van der Waals surface area contributed by atoms with Crippen molar-refractivity contribution in [1.29, 1.82) is 5.26 Å². The van der Waals surface area contributed by atoms with Gasteiger partial charge in [0.05, 0.1) is 6.07 Å². The molecule has 15 heavy (non-hydrogen) atoms. The second-order valence-electron chi connectivity index (χ2n) is 4.89. The highest BCUT2D eigenvalue weighted by molar-refractivity contribution is 5.88. The van der Waals surface area contributed by atoms with Crippen molar-refractivity contribution in [2.45, 2.75) is 39.0 Å². The Hall–Kier alpha value is -1.04. The largest absolute Gasteiger partial charge is 0.341 e. The van der Waals surface area contributed by atoms with Crippen molar-refractivity contribution in [2.24, 2.45) is 11.3 Å². The molecule has 1 saturated heterocycles. The van der Waals surface area contributed by atoms with Crippen LogP contribution in [0.25, 0.3) is 0 Å². The summed E-state index contributed by atoms with van der Waals surface area (Å²) in [6, 6.07) is 2.18. The Balaban J connectivity index is 1.91. The molecule has 3 nitrogen and oxygen atoms in total. The molecule has 1 heterocycles. The van der Waals surface area contributed by atoms with Gasteiger partial charge in [-0.25, -0.2) is 0 Å². The highest BCUT2D eigenvalue weighted by atomic mass is 16.2. The van der Waals surface area contributed by atoms with E-state index in [4.69, 9.17) is 5.26 Å². The summed E-state index contributed by atoms with van der Waals surface area (Å²) in [6.07, 6.45) is 5.08. The molecular formula is C12H18N2O. The summed E-state index contributed by atoms with van der Waals surface area (Å²) in [5.41, 5.74) is -0.610. The third-order valence-corrected chi connectivity index (χ3v) is 3.64. The van der Waals surface area contributed by atoms with Crippen LogP contribution in [0.2, 0.25) is 0 Å². The lowest BCUT2D eigenvalue weighted by Crippen LogP contribution is -2.35. The minimum absolute atomic E-state index is 0.101. The molecule has 3 heteroatoms. The first-order valence-electron chi connectivity index (χ1n) is 5.92. The lowest BCUT2D eigenvalue weighted by molar-refractivity contribution is -0.134. The van der Waals surface area contributed by atoms with E-state index in [0.29, 0.717) is 5.92 Å². The van der Waals surface area contributed by atoms with Crippen LogP contribution in [0, 0.1) is 22.7 Å². The van der Waals surface area contributed by atoms with Crippen LogP contribution in [0.5, 0.6) is 0 Å². The molecule has 2 rings (SSSR count). The molecule has 0 N–H and O–H groups in total. The van der Waals surface area contributed by atoms with Gasteiger partial charge in [-0.2, -0.15) is 5.26 Å². The summed E-state index contributed by atoms with van der Waals surface area (Å²) >= 11 is 0. The Kier molecular flexibility index (Phi) is 2.68. The molecule has 1 unspecified atom stereocenters. The van der Waals surface area contributed by atoms with Gasteiger partial charge in [-0.3, -0.25) is 4.79 Å². The van der Waals surface area contributed by atoms with Gasteiger partial charge in [0.2, 0.25) is 5.91 Å². The summed E-state index contributed by atoms with van der Waals surface area (Å²) in [5.74, 6) is 0.775. The maximum atomic E-state index is 12.0. The number of carbonyl (C=O) groups is 1. The minimum atomic E-state index is -0.610. The summed E-state index contributed by atoms with van der Waals surface area (Å²) in [4.78, 5) is 13.9. The third-order valence-electron chi connectivity index (χ3n) is 3.64. The highest BCUT2D eigenvalue weighted by Crippen LogP contribution is 2.47. The number of hydrogen-bond donors (Lipinski definition) is 0. The van der Waals surface area contributed by atoms with Gasteiger partial charge in [0.1, 0.15) is 5.41 Å². The summed E-state index contributed by atoms with van der Waals surface area (Å²) < 4.78 is 0. The monoisotopic (exact) mass is 206 g/mol. The van der Waals surface area contributed by atoms with E-state index in [0.717, 1.165) is 32.4 Å². The fourth-order valence-corrected chi connectivity index (χ4v) is 2.46. The summed E-state index contributed by atoms with van der Waals surface area (Å²) in [5, 5.41) is 8.96. The highest BCUT2D eigenvalue weighted by Gasteiger charge is 2.53. The summed E-state index contributed by atoms with van der Waals surface area (Å²) in [7, 11) is 0. The molecule has 1 aliphatic carbocycles. The number of nitrogens with zero attached hydrogens (tertiary/aromatic N) is 2. The smallest absolute Gasteiger partial charge is 0.243 e. The molecule has 0 bridgehead atoms. The Morgan fingerprint density at radius 2 is 2.33 bits per heavy atom. The lowest BCUT2D eigenvalue weighted by Gasteiger charge is -2.18. The van der Waals surface area contributed by atoms with Crippen molar-refractivity contribution in [2.75, 3.05) is 13.1 Å². The molecule has 0 aromatic carbocycles. The quantitative estimate of drug-likeness (QED) is 0.708. The van der Waals surface area contributed by atoms with Crippen LogP contribution in [0.4, 0.5) is 0 Å². The predicted molar refractivity (Wildman–Crippen MR) is 56.9 cm³/mol. The molecular weight excluding hydrogens is 188 g/mol. The van der Waals surface area contributed by atoms with Crippen molar-refractivity contribution in [3.05, 3.63) is 0 Å². The van der Waals surface area contributed by atoms with E-state index in [9.17, 15) is 4.79 Å². The first-order valence-corrected chi connectivity index (χ1v) is 5.92. The van der Waals surface area contributed by atoms with E-state index in [1.54, 1.807) is 0 Å². The van der Waals surface area contributed by atoms with Crippen LogP contribution >= 0.6 is 0 Å². The van der Waals surface area contributed by atoms with Crippen LogP contribution in [-0.2, 0) is 4.79 Å². The topological polar surface area (TPSA) is 44.1 Å². The van der Waals surface area contributed by atoms with E-state index in [-0.39, 0.29) is 5.91 Å². The fourth-order valence-electron chi connectivity index (χ4n) is 2.46. The standard InChI is InChI=1S/C12H18N2O/c1-2-3-10-4-7-14(8-10)11(15)12(9-13)5-6-12/h10H,2-8H2,1H3. The van der Waals surface area contributed by atoms with Crippen molar-refractivity contribution in [3.8, 4) is 6.07 Å². The molecule has 1 saturated carbocycles. The van der Waals surface area contributed by atoms with Crippen LogP contribution in [0.15, 0.2) is 0 Å². The molecule has 0 radical (unpaired) electrons.